The van der Waals surface area contributed by atoms with E-state index in [0.717, 1.165) is 11.3 Å². The highest BCUT2D eigenvalue weighted by atomic mass is 32.1. The van der Waals surface area contributed by atoms with E-state index in [1.807, 2.05) is 0 Å². The van der Waals surface area contributed by atoms with Gasteiger partial charge in [0.25, 0.3) is 5.91 Å². The molecule has 1 rings (SSSR count). The summed E-state index contributed by atoms with van der Waals surface area (Å²) in [6, 6.07) is 0. The Bertz CT molecular complexity index is 231. The Morgan fingerprint density at radius 1 is 1.89 bits per heavy atom. The van der Waals surface area contributed by atoms with E-state index in [1.165, 1.54) is 5.38 Å². The summed E-state index contributed by atoms with van der Waals surface area (Å²) in [5.41, 5.74) is 11.9. The van der Waals surface area contributed by atoms with Gasteiger partial charge in [0.15, 0.2) is 0 Å². The fourth-order valence-corrected chi connectivity index (χ4v) is 0.930. The molecule has 0 fully saturated rings. The van der Waals surface area contributed by atoms with Crippen LogP contribution in [0.4, 0.5) is 5.13 Å². The van der Waals surface area contributed by atoms with Gasteiger partial charge in [0.2, 0.25) is 5.13 Å². The van der Waals surface area contributed by atoms with Crippen molar-refractivity contribution in [2.45, 2.75) is 0 Å². The Morgan fingerprint density at radius 2 is 2.56 bits per heavy atom. The number of rotatable bonds is 1. The van der Waals surface area contributed by atoms with Gasteiger partial charge in [-0.1, -0.05) is 0 Å². The Hall–Kier alpha value is -1.10. The number of carbonyl (C=O) groups is 1. The number of thiazole rings is 1. The molecule has 1 heterocycles. The molecular formula is C4H4N3OS. The topological polar surface area (TPSA) is 79.8 Å². The predicted molar refractivity (Wildman–Crippen MR) is 33.4 cm³/mol. The molecule has 0 aromatic carbocycles. The fourth-order valence-electron chi connectivity index (χ4n) is 0.387. The summed E-state index contributed by atoms with van der Waals surface area (Å²) < 4.78 is 0. The maximum absolute atomic E-state index is 10.3. The van der Waals surface area contributed by atoms with Crippen molar-refractivity contribution in [3.63, 3.8) is 0 Å². The third-order valence-electron chi connectivity index (χ3n) is 0.757. The number of nitrogens with two attached hydrogens (primary N) is 1. The van der Waals surface area contributed by atoms with Crippen molar-refractivity contribution in [3.05, 3.63) is 11.1 Å². The molecule has 1 amide bonds. The summed E-state index contributed by atoms with van der Waals surface area (Å²) in [5.74, 6) is -0.579. The molecule has 0 unspecified atom stereocenters. The minimum absolute atomic E-state index is 0.115. The number of aromatic nitrogens is 1. The highest BCUT2D eigenvalue weighted by Crippen LogP contribution is 2.11. The van der Waals surface area contributed by atoms with Gasteiger partial charge >= 0.3 is 0 Å². The molecule has 0 saturated carbocycles. The summed E-state index contributed by atoms with van der Waals surface area (Å²) in [6.07, 6.45) is 0. The van der Waals surface area contributed by atoms with Crippen molar-refractivity contribution in [1.82, 2.24) is 10.7 Å². The summed E-state index contributed by atoms with van der Waals surface area (Å²) in [7, 11) is 0. The number of hydrogen-bond acceptors (Lipinski definition) is 3. The van der Waals surface area contributed by atoms with Gasteiger partial charge in [0, 0.05) is 5.38 Å². The van der Waals surface area contributed by atoms with Crippen molar-refractivity contribution >= 4 is 22.4 Å². The zero-order valence-corrected chi connectivity index (χ0v) is 5.23. The van der Waals surface area contributed by atoms with Gasteiger partial charge in [0.05, 0.1) is 0 Å². The maximum Gasteiger partial charge on any atom is 0.268 e. The lowest BCUT2D eigenvalue weighted by Crippen LogP contribution is -2.10. The largest absolute Gasteiger partial charge is 0.364 e. The van der Waals surface area contributed by atoms with Crippen molar-refractivity contribution < 1.29 is 4.79 Å². The molecule has 0 atom stereocenters. The quantitative estimate of drug-likeness (QED) is 0.605. The van der Waals surface area contributed by atoms with Gasteiger partial charge in [0.1, 0.15) is 5.69 Å². The lowest BCUT2D eigenvalue weighted by atomic mass is 10.5. The normalized spacial score (nSPS) is 9.33. The van der Waals surface area contributed by atoms with E-state index in [1.54, 1.807) is 0 Å². The van der Waals surface area contributed by atoms with Crippen molar-refractivity contribution in [2.24, 2.45) is 5.73 Å². The molecule has 0 spiro atoms. The second kappa shape index (κ2) is 2.02. The van der Waals surface area contributed by atoms with Crippen molar-refractivity contribution in [2.75, 3.05) is 0 Å². The monoisotopic (exact) mass is 142 g/mol. The molecule has 1 aromatic rings. The molecule has 1 radical (unpaired) electrons. The first-order valence-electron chi connectivity index (χ1n) is 2.17. The second-order valence-electron chi connectivity index (χ2n) is 1.40. The van der Waals surface area contributed by atoms with E-state index in [0.29, 0.717) is 0 Å². The predicted octanol–water partition coefficient (Wildman–Crippen LogP) is 0.156. The highest BCUT2D eigenvalue weighted by Gasteiger charge is 2.02. The van der Waals surface area contributed by atoms with E-state index in [9.17, 15) is 4.79 Å². The molecule has 0 aliphatic heterocycles. The molecule has 3 N–H and O–H groups in total. The van der Waals surface area contributed by atoms with Gasteiger partial charge in [-0.15, -0.1) is 11.3 Å². The van der Waals surface area contributed by atoms with Gasteiger partial charge < -0.3 is 5.73 Å². The van der Waals surface area contributed by atoms with E-state index in [2.05, 4.69) is 4.98 Å². The molecule has 0 aliphatic rings. The third kappa shape index (κ3) is 1.17. The fraction of sp³-hybridized carbons (Fsp3) is 0. The Kier molecular flexibility index (Phi) is 1.35. The molecule has 1 aromatic heterocycles. The molecule has 4 nitrogen and oxygen atoms in total. The number of nitrogens with one attached hydrogen (secondary N) is 1. The van der Waals surface area contributed by atoms with Crippen LogP contribution in [0.5, 0.6) is 0 Å². The van der Waals surface area contributed by atoms with Crippen LogP contribution in [0.25, 0.3) is 0 Å². The Morgan fingerprint density at radius 3 is 2.78 bits per heavy atom. The van der Waals surface area contributed by atoms with E-state index in [4.69, 9.17) is 11.5 Å². The maximum atomic E-state index is 10.3. The van der Waals surface area contributed by atoms with Gasteiger partial charge in [-0.2, -0.15) is 0 Å². The minimum Gasteiger partial charge on any atom is -0.364 e. The van der Waals surface area contributed by atoms with Crippen LogP contribution in [-0.2, 0) is 0 Å². The Balaban J connectivity index is 2.98. The molecule has 5 heteroatoms. The molecular weight excluding hydrogens is 138 g/mol. The Labute approximate surface area is 55.5 Å². The molecule has 0 aliphatic carbocycles. The van der Waals surface area contributed by atoms with Gasteiger partial charge in [-0.3, -0.25) is 10.5 Å². The smallest absolute Gasteiger partial charge is 0.268 e. The average molecular weight is 142 g/mol. The van der Waals surface area contributed by atoms with E-state index < -0.39 is 5.91 Å². The molecule has 47 valence electrons. The molecule has 0 saturated heterocycles. The highest BCUT2D eigenvalue weighted by molar-refractivity contribution is 7.13. The minimum atomic E-state index is -0.579. The molecule has 0 bridgehead atoms. The first kappa shape index (κ1) is 6.03. The second-order valence-corrected chi connectivity index (χ2v) is 2.26. The average Bonchev–Trinajstić information content (AvgIpc) is 2.14. The standard InChI is InChI=1S/C4H4N3OS/c5-3(8)2-1-9-4(6)7-2/h1,6H,(H2,5,8). The van der Waals surface area contributed by atoms with Crippen LogP contribution in [0.2, 0.25) is 0 Å². The molecule has 9 heavy (non-hydrogen) atoms. The van der Waals surface area contributed by atoms with Crippen molar-refractivity contribution in [1.29, 1.82) is 0 Å². The van der Waals surface area contributed by atoms with Gasteiger partial charge in [-0.05, 0) is 0 Å². The summed E-state index contributed by atoms with van der Waals surface area (Å²) in [4.78, 5) is 13.8. The first-order valence-corrected chi connectivity index (χ1v) is 3.05. The van der Waals surface area contributed by atoms with Crippen LogP contribution in [-0.4, -0.2) is 10.9 Å². The van der Waals surface area contributed by atoms with Crippen LogP contribution >= 0.6 is 11.3 Å². The number of hydrogen-bond donors (Lipinski definition) is 1. The van der Waals surface area contributed by atoms with Crippen LogP contribution in [0, 0.1) is 0 Å². The lowest BCUT2D eigenvalue weighted by molar-refractivity contribution is 0.0996. The van der Waals surface area contributed by atoms with Crippen LogP contribution < -0.4 is 11.5 Å². The zero-order chi connectivity index (χ0) is 6.85. The van der Waals surface area contributed by atoms with E-state index in [-0.39, 0.29) is 10.8 Å². The summed E-state index contributed by atoms with van der Waals surface area (Å²) in [5, 5.41) is 1.58. The SMILES string of the molecule is [NH]c1nc(C(N)=O)cs1. The first-order chi connectivity index (χ1) is 4.20. The number of amides is 1. The van der Waals surface area contributed by atoms with Crippen LogP contribution in [0.1, 0.15) is 10.5 Å². The van der Waals surface area contributed by atoms with Gasteiger partial charge in [-0.25, -0.2) is 4.98 Å². The van der Waals surface area contributed by atoms with Crippen molar-refractivity contribution in [3.8, 4) is 0 Å². The summed E-state index contributed by atoms with van der Waals surface area (Å²) >= 11 is 1.09. The number of nitrogens with zero attached hydrogens (tertiary/aromatic N) is 1. The third-order valence-corrected chi connectivity index (χ3v) is 1.41. The number of primary amides is 1. The zero-order valence-electron chi connectivity index (χ0n) is 4.42. The lowest BCUT2D eigenvalue weighted by Gasteiger charge is -1.80. The summed E-state index contributed by atoms with van der Waals surface area (Å²) in [6.45, 7) is 0. The van der Waals surface area contributed by atoms with Crippen LogP contribution in [0.3, 0.4) is 0 Å². The van der Waals surface area contributed by atoms with E-state index >= 15 is 0 Å². The number of carbonyl (C=O) groups excluding carboxylic acids is 1. The van der Waals surface area contributed by atoms with Crippen LogP contribution in [0.15, 0.2) is 5.38 Å².